The molecular formula is C24H25F3N4O3S. The highest BCUT2D eigenvalue weighted by Gasteiger charge is 2.34. The Hall–Kier alpha value is -3.05. The number of hydrogen-bond acceptors (Lipinski definition) is 7. The molecular weight excluding hydrogens is 481 g/mol. The smallest absolute Gasteiger partial charge is 0.451 e. The van der Waals surface area contributed by atoms with E-state index in [0.717, 1.165) is 47.1 Å². The molecule has 4 rings (SSSR count). The summed E-state index contributed by atoms with van der Waals surface area (Å²) in [5.41, 5.74) is 1.47. The largest absolute Gasteiger partial charge is 0.490 e. The second-order valence-corrected chi connectivity index (χ2v) is 9.31. The third kappa shape index (κ3) is 6.34. The van der Waals surface area contributed by atoms with Crippen LogP contribution in [-0.2, 0) is 17.3 Å². The van der Waals surface area contributed by atoms with Crippen molar-refractivity contribution >= 4 is 17.2 Å². The average Bonchev–Trinajstić information content (AvgIpc) is 3.33. The molecule has 0 radical (unpaired) electrons. The van der Waals surface area contributed by atoms with Gasteiger partial charge in [0.05, 0.1) is 19.3 Å². The van der Waals surface area contributed by atoms with Crippen LogP contribution >= 0.6 is 11.3 Å². The monoisotopic (exact) mass is 506 g/mol. The summed E-state index contributed by atoms with van der Waals surface area (Å²) >= 11 is 1.55. The van der Waals surface area contributed by atoms with Crippen molar-refractivity contribution in [2.45, 2.75) is 51.4 Å². The number of nitrogens with zero attached hydrogens (tertiary/aromatic N) is 3. The van der Waals surface area contributed by atoms with Crippen LogP contribution in [0.25, 0.3) is 10.6 Å². The Kier molecular flexibility index (Phi) is 7.66. The molecule has 3 aromatic rings. The summed E-state index contributed by atoms with van der Waals surface area (Å²) in [5.74, 6) is -1.07. The number of hydrogen-bond donors (Lipinski definition) is 1. The maximum Gasteiger partial charge on any atom is 0.451 e. The lowest BCUT2D eigenvalue weighted by Gasteiger charge is -2.24. The minimum Gasteiger partial charge on any atom is -0.490 e. The molecule has 0 bridgehead atoms. The van der Waals surface area contributed by atoms with Gasteiger partial charge in [-0.3, -0.25) is 4.79 Å². The van der Waals surface area contributed by atoms with Gasteiger partial charge in [-0.15, -0.1) is 11.3 Å². The van der Waals surface area contributed by atoms with Gasteiger partial charge in [0.2, 0.25) is 5.82 Å². The second-order valence-electron chi connectivity index (χ2n) is 8.19. The van der Waals surface area contributed by atoms with Gasteiger partial charge in [0.15, 0.2) is 0 Å². The molecule has 0 aliphatic carbocycles. The molecule has 1 aromatic carbocycles. The molecule has 1 saturated heterocycles. The molecule has 1 aliphatic heterocycles. The summed E-state index contributed by atoms with van der Waals surface area (Å²) in [6.07, 6.45) is 1.69. The van der Waals surface area contributed by atoms with Crippen molar-refractivity contribution < 1.29 is 27.4 Å². The van der Waals surface area contributed by atoms with E-state index in [1.54, 1.807) is 30.4 Å². The molecule has 1 atom stereocenters. The van der Waals surface area contributed by atoms with Crippen LogP contribution in [0.4, 0.5) is 13.2 Å². The molecule has 11 heteroatoms. The fraction of sp³-hybridized carbons (Fsp3) is 0.417. The van der Waals surface area contributed by atoms with Crippen molar-refractivity contribution in [3.05, 3.63) is 58.6 Å². The Morgan fingerprint density at radius 1 is 1.17 bits per heavy atom. The van der Waals surface area contributed by atoms with Gasteiger partial charge < -0.3 is 14.8 Å². The summed E-state index contributed by atoms with van der Waals surface area (Å²) in [5, 5.41) is 3.58. The van der Waals surface area contributed by atoms with Gasteiger partial charge in [-0.2, -0.15) is 13.2 Å². The van der Waals surface area contributed by atoms with E-state index in [1.807, 2.05) is 19.2 Å². The summed E-state index contributed by atoms with van der Waals surface area (Å²) in [4.78, 5) is 25.5. The highest BCUT2D eigenvalue weighted by atomic mass is 32.1. The Morgan fingerprint density at radius 2 is 1.89 bits per heavy atom. The van der Waals surface area contributed by atoms with Crippen molar-refractivity contribution in [1.82, 2.24) is 20.3 Å². The molecule has 1 aliphatic rings. The number of nitrogens with one attached hydrogen (secondary N) is 1. The Labute approximate surface area is 204 Å². The van der Waals surface area contributed by atoms with Crippen LogP contribution in [0.5, 0.6) is 5.75 Å². The number of carbonyl (C=O) groups is 1. The number of aryl methyl sites for hydroxylation is 1. The molecule has 0 saturated carbocycles. The molecule has 3 heterocycles. The standard InChI is InChI=1S/C24H25F3N4O3S/c1-3-20-13-28-22(35-20)16-8-15(9-19(10-16)34-18-4-6-33-7-5-18)21(32)31-14(2)17-11-29-23(30-12-17)24(25,26)27/h8-14,18H,3-7H2,1-2H3,(H,31,32). The van der Waals surface area contributed by atoms with Gasteiger partial charge in [0, 0.05) is 53.0 Å². The van der Waals surface area contributed by atoms with Gasteiger partial charge in [-0.1, -0.05) is 6.92 Å². The normalized spacial score (nSPS) is 15.6. The fourth-order valence-electron chi connectivity index (χ4n) is 3.58. The zero-order valence-electron chi connectivity index (χ0n) is 19.3. The SMILES string of the molecule is CCc1cnc(-c2cc(OC3CCOCC3)cc(C(=O)NC(C)c3cnc(C(F)(F)F)nc3)c2)s1. The van der Waals surface area contributed by atoms with Crippen molar-refractivity contribution in [2.75, 3.05) is 13.2 Å². The highest BCUT2D eigenvalue weighted by Crippen LogP contribution is 2.31. The van der Waals surface area contributed by atoms with Gasteiger partial charge in [0.1, 0.15) is 16.9 Å². The first-order valence-electron chi connectivity index (χ1n) is 11.3. The molecule has 35 heavy (non-hydrogen) atoms. The van der Waals surface area contributed by atoms with E-state index in [9.17, 15) is 18.0 Å². The molecule has 1 amide bonds. The first-order chi connectivity index (χ1) is 16.7. The predicted octanol–water partition coefficient (Wildman–Crippen LogP) is 5.23. The third-order valence-corrected chi connectivity index (χ3v) is 6.75. The topological polar surface area (TPSA) is 86.2 Å². The van der Waals surface area contributed by atoms with Crippen LogP contribution in [0.2, 0.25) is 0 Å². The maximum atomic E-state index is 13.1. The number of halogens is 3. The van der Waals surface area contributed by atoms with Crippen LogP contribution < -0.4 is 10.1 Å². The van der Waals surface area contributed by atoms with Crippen molar-refractivity contribution in [3.8, 4) is 16.3 Å². The summed E-state index contributed by atoms with van der Waals surface area (Å²) in [6, 6.07) is 4.66. The van der Waals surface area contributed by atoms with Crippen LogP contribution in [0.15, 0.2) is 36.8 Å². The molecule has 1 unspecified atom stereocenters. The molecule has 0 spiro atoms. The zero-order valence-corrected chi connectivity index (χ0v) is 20.1. The molecule has 1 fully saturated rings. The van der Waals surface area contributed by atoms with Gasteiger partial charge in [0.25, 0.3) is 5.91 Å². The van der Waals surface area contributed by atoms with E-state index in [-0.39, 0.29) is 6.10 Å². The van der Waals surface area contributed by atoms with Crippen LogP contribution in [0.1, 0.15) is 59.4 Å². The minimum atomic E-state index is -4.63. The second kappa shape index (κ2) is 10.7. The quantitative estimate of drug-likeness (QED) is 0.472. The number of benzene rings is 1. The average molecular weight is 507 g/mol. The number of alkyl halides is 3. The Bertz CT molecular complexity index is 1160. The number of amides is 1. The van der Waals surface area contributed by atoms with E-state index in [0.29, 0.717) is 30.1 Å². The molecule has 186 valence electrons. The van der Waals surface area contributed by atoms with Gasteiger partial charge >= 0.3 is 6.18 Å². The van der Waals surface area contributed by atoms with E-state index >= 15 is 0 Å². The molecule has 2 aromatic heterocycles. The Morgan fingerprint density at radius 3 is 2.51 bits per heavy atom. The first kappa shape index (κ1) is 25.1. The van der Waals surface area contributed by atoms with Crippen LogP contribution in [0.3, 0.4) is 0 Å². The first-order valence-corrected chi connectivity index (χ1v) is 12.1. The lowest BCUT2D eigenvalue weighted by molar-refractivity contribution is -0.145. The molecule has 7 nitrogen and oxygen atoms in total. The van der Waals surface area contributed by atoms with Crippen molar-refractivity contribution in [1.29, 1.82) is 0 Å². The zero-order chi connectivity index (χ0) is 25.0. The Balaban J connectivity index is 1.57. The summed E-state index contributed by atoms with van der Waals surface area (Å²) < 4.78 is 49.8. The number of aromatic nitrogens is 3. The highest BCUT2D eigenvalue weighted by molar-refractivity contribution is 7.15. The fourth-order valence-corrected chi connectivity index (χ4v) is 4.42. The maximum absolute atomic E-state index is 13.1. The van der Waals surface area contributed by atoms with Gasteiger partial charge in [-0.05, 0) is 31.5 Å². The van der Waals surface area contributed by atoms with Crippen LogP contribution in [-0.4, -0.2) is 40.2 Å². The lowest BCUT2D eigenvalue weighted by atomic mass is 10.1. The number of carbonyl (C=O) groups excluding carboxylic acids is 1. The van der Waals surface area contributed by atoms with E-state index < -0.39 is 23.9 Å². The van der Waals surface area contributed by atoms with E-state index in [4.69, 9.17) is 9.47 Å². The number of rotatable bonds is 7. The minimum absolute atomic E-state index is 0.0133. The van der Waals surface area contributed by atoms with Crippen LogP contribution in [0, 0.1) is 0 Å². The van der Waals surface area contributed by atoms with Crippen molar-refractivity contribution in [3.63, 3.8) is 0 Å². The lowest BCUT2D eigenvalue weighted by Crippen LogP contribution is -2.28. The predicted molar refractivity (Wildman–Crippen MR) is 124 cm³/mol. The van der Waals surface area contributed by atoms with E-state index in [2.05, 4.69) is 20.3 Å². The summed E-state index contributed by atoms with van der Waals surface area (Å²) in [7, 11) is 0. The van der Waals surface area contributed by atoms with Gasteiger partial charge in [-0.25, -0.2) is 15.0 Å². The molecule has 1 N–H and O–H groups in total. The number of ether oxygens (including phenoxy) is 2. The van der Waals surface area contributed by atoms with E-state index in [1.165, 1.54) is 0 Å². The summed E-state index contributed by atoms with van der Waals surface area (Å²) in [6.45, 7) is 4.95. The third-order valence-electron chi connectivity index (χ3n) is 5.56. The number of thiazole rings is 1. The van der Waals surface area contributed by atoms with Crippen molar-refractivity contribution in [2.24, 2.45) is 0 Å².